The number of nitrogens with one attached hydrogen (secondary N) is 1. The van der Waals surface area contributed by atoms with Gasteiger partial charge >= 0.3 is 0 Å². The monoisotopic (exact) mass is 265 g/mol. The molecule has 0 bridgehead atoms. The Hall–Kier alpha value is -1.32. The maximum absolute atomic E-state index is 5.80. The molecule has 0 spiro atoms. The molecule has 0 aliphatic heterocycles. The molecule has 0 aliphatic carbocycles. The summed E-state index contributed by atoms with van der Waals surface area (Å²) in [4.78, 5) is 8.81. The van der Waals surface area contributed by atoms with Crippen molar-refractivity contribution in [2.24, 2.45) is 5.92 Å². The summed E-state index contributed by atoms with van der Waals surface area (Å²) in [6.07, 6.45) is 3.33. The van der Waals surface area contributed by atoms with E-state index < -0.39 is 0 Å². The number of anilines is 1. The second kappa shape index (κ2) is 7.97. The highest BCUT2D eigenvalue weighted by Crippen LogP contribution is 2.22. The van der Waals surface area contributed by atoms with Crippen molar-refractivity contribution >= 4 is 5.82 Å². The zero-order valence-electron chi connectivity index (χ0n) is 12.9. The first-order valence-corrected chi connectivity index (χ1v) is 7.26. The topological polar surface area (TPSA) is 47.0 Å². The molecule has 1 N–H and O–H groups in total. The van der Waals surface area contributed by atoms with E-state index in [0.29, 0.717) is 0 Å². The summed E-state index contributed by atoms with van der Waals surface area (Å²) in [5, 5.41) is 3.32. The van der Waals surface area contributed by atoms with Crippen molar-refractivity contribution in [3.63, 3.8) is 0 Å². The van der Waals surface area contributed by atoms with Gasteiger partial charge in [-0.25, -0.2) is 4.98 Å². The molecule has 108 valence electrons. The molecule has 1 heterocycles. The van der Waals surface area contributed by atoms with Crippen LogP contribution in [-0.4, -0.2) is 23.1 Å². The number of nitrogens with zero attached hydrogens (tertiary/aromatic N) is 2. The van der Waals surface area contributed by atoms with Gasteiger partial charge in [-0.05, 0) is 39.0 Å². The van der Waals surface area contributed by atoms with Gasteiger partial charge in [0.2, 0.25) is 5.88 Å². The van der Waals surface area contributed by atoms with Gasteiger partial charge in [0.25, 0.3) is 0 Å². The van der Waals surface area contributed by atoms with Crippen LogP contribution in [0.2, 0.25) is 0 Å². The van der Waals surface area contributed by atoms with Crippen LogP contribution in [0.5, 0.6) is 5.88 Å². The second-order valence-electron chi connectivity index (χ2n) is 5.36. The lowest BCUT2D eigenvalue weighted by atomic mass is 10.1. The minimum atomic E-state index is 0.717. The van der Waals surface area contributed by atoms with Crippen molar-refractivity contribution in [1.29, 1.82) is 0 Å². The lowest BCUT2D eigenvalue weighted by molar-refractivity contribution is 0.284. The van der Waals surface area contributed by atoms with Gasteiger partial charge in [0.1, 0.15) is 11.6 Å². The number of hydrogen-bond acceptors (Lipinski definition) is 4. The molecule has 4 heteroatoms. The van der Waals surface area contributed by atoms with E-state index in [-0.39, 0.29) is 0 Å². The van der Waals surface area contributed by atoms with Crippen LogP contribution in [0.4, 0.5) is 5.82 Å². The van der Waals surface area contributed by atoms with Gasteiger partial charge in [-0.2, -0.15) is 4.98 Å². The Morgan fingerprint density at radius 3 is 2.58 bits per heavy atom. The largest absolute Gasteiger partial charge is 0.477 e. The average Bonchev–Trinajstić information content (AvgIpc) is 2.36. The number of aryl methyl sites for hydroxylation is 1. The van der Waals surface area contributed by atoms with E-state index in [9.17, 15) is 0 Å². The molecule has 0 radical (unpaired) electrons. The zero-order valence-corrected chi connectivity index (χ0v) is 12.9. The van der Waals surface area contributed by atoms with Gasteiger partial charge < -0.3 is 10.1 Å². The van der Waals surface area contributed by atoms with Crippen molar-refractivity contribution in [3.05, 3.63) is 11.4 Å². The SMILES string of the molecule is CCCNc1nc(C)nc(OCCCC(C)C)c1C. The summed E-state index contributed by atoms with van der Waals surface area (Å²) in [6.45, 7) is 12.2. The van der Waals surface area contributed by atoms with Crippen molar-refractivity contribution in [1.82, 2.24) is 9.97 Å². The predicted octanol–water partition coefficient (Wildman–Crippen LogP) is 3.73. The molecule has 0 amide bonds. The third-order valence-electron chi connectivity index (χ3n) is 2.92. The normalized spacial score (nSPS) is 10.8. The van der Waals surface area contributed by atoms with E-state index in [0.717, 1.165) is 55.0 Å². The Labute approximate surface area is 117 Å². The Bertz CT molecular complexity index is 391. The molecule has 1 aromatic rings. The Kier molecular flexibility index (Phi) is 6.60. The summed E-state index contributed by atoms with van der Waals surface area (Å²) in [5.41, 5.74) is 1.00. The molecule has 1 aromatic heterocycles. The summed E-state index contributed by atoms with van der Waals surface area (Å²) in [5.74, 6) is 3.09. The summed E-state index contributed by atoms with van der Waals surface area (Å²) < 4.78 is 5.80. The third-order valence-corrected chi connectivity index (χ3v) is 2.92. The molecule has 1 rings (SSSR count). The van der Waals surface area contributed by atoms with Gasteiger partial charge in [0.05, 0.1) is 12.2 Å². The molecule has 4 nitrogen and oxygen atoms in total. The van der Waals surface area contributed by atoms with E-state index in [1.165, 1.54) is 6.42 Å². The first kappa shape index (κ1) is 15.7. The average molecular weight is 265 g/mol. The van der Waals surface area contributed by atoms with Crippen LogP contribution in [0.15, 0.2) is 0 Å². The van der Waals surface area contributed by atoms with Crippen LogP contribution >= 0.6 is 0 Å². The lowest BCUT2D eigenvalue weighted by Crippen LogP contribution is -2.09. The summed E-state index contributed by atoms with van der Waals surface area (Å²) in [7, 11) is 0. The molecule has 0 atom stereocenters. The number of rotatable bonds is 8. The molecule has 0 aliphatic rings. The Balaban J connectivity index is 2.63. The summed E-state index contributed by atoms with van der Waals surface area (Å²) in [6, 6.07) is 0. The van der Waals surface area contributed by atoms with E-state index in [4.69, 9.17) is 4.74 Å². The highest BCUT2D eigenvalue weighted by atomic mass is 16.5. The number of ether oxygens (including phenoxy) is 1. The first-order valence-electron chi connectivity index (χ1n) is 7.26. The Morgan fingerprint density at radius 1 is 1.21 bits per heavy atom. The van der Waals surface area contributed by atoms with Crippen LogP contribution < -0.4 is 10.1 Å². The third kappa shape index (κ3) is 5.45. The van der Waals surface area contributed by atoms with E-state index in [2.05, 4.69) is 36.1 Å². The predicted molar refractivity (Wildman–Crippen MR) is 79.9 cm³/mol. The van der Waals surface area contributed by atoms with Crippen LogP contribution in [-0.2, 0) is 0 Å². The fourth-order valence-electron chi connectivity index (χ4n) is 1.82. The van der Waals surface area contributed by atoms with Gasteiger partial charge in [0.15, 0.2) is 0 Å². The highest BCUT2D eigenvalue weighted by Gasteiger charge is 2.09. The minimum absolute atomic E-state index is 0.717. The van der Waals surface area contributed by atoms with Crippen LogP contribution in [0.25, 0.3) is 0 Å². The molecule has 19 heavy (non-hydrogen) atoms. The smallest absolute Gasteiger partial charge is 0.221 e. The van der Waals surface area contributed by atoms with Crippen LogP contribution in [0, 0.1) is 19.8 Å². The van der Waals surface area contributed by atoms with Gasteiger partial charge in [0, 0.05) is 6.54 Å². The summed E-state index contributed by atoms with van der Waals surface area (Å²) >= 11 is 0. The highest BCUT2D eigenvalue weighted by molar-refractivity contribution is 5.48. The fraction of sp³-hybridized carbons (Fsp3) is 0.733. The van der Waals surface area contributed by atoms with Crippen molar-refractivity contribution < 1.29 is 4.74 Å². The van der Waals surface area contributed by atoms with Gasteiger partial charge in [-0.3, -0.25) is 0 Å². The van der Waals surface area contributed by atoms with Crippen molar-refractivity contribution in [2.45, 2.75) is 53.9 Å². The molecule has 0 saturated heterocycles. The maximum Gasteiger partial charge on any atom is 0.221 e. The number of hydrogen-bond donors (Lipinski definition) is 1. The van der Waals surface area contributed by atoms with Gasteiger partial charge in [-0.15, -0.1) is 0 Å². The zero-order chi connectivity index (χ0) is 14.3. The molecular weight excluding hydrogens is 238 g/mol. The Morgan fingerprint density at radius 2 is 1.95 bits per heavy atom. The second-order valence-corrected chi connectivity index (χ2v) is 5.36. The fourth-order valence-corrected chi connectivity index (χ4v) is 1.82. The minimum Gasteiger partial charge on any atom is -0.477 e. The van der Waals surface area contributed by atoms with E-state index in [1.54, 1.807) is 0 Å². The standard InChI is InChI=1S/C15H27N3O/c1-6-9-16-14-12(4)15(18-13(5)17-14)19-10-7-8-11(2)3/h11H,6-10H2,1-5H3,(H,16,17,18). The van der Waals surface area contributed by atoms with Crippen molar-refractivity contribution in [3.8, 4) is 5.88 Å². The lowest BCUT2D eigenvalue weighted by Gasteiger charge is -2.13. The molecular formula is C15H27N3O. The quantitative estimate of drug-likeness (QED) is 0.728. The molecule has 0 aromatic carbocycles. The van der Waals surface area contributed by atoms with Gasteiger partial charge in [-0.1, -0.05) is 20.8 Å². The molecule has 0 unspecified atom stereocenters. The number of aromatic nitrogens is 2. The molecule has 0 saturated carbocycles. The van der Waals surface area contributed by atoms with E-state index in [1.807, 2.05) is 13.8 Å². The van der Waals surface area contributed by atoms with Crippen LogP contribution in [0.3, 0.4) is 0 Å². The molecule has 0 fully saturated rings. The van der Waals surface area contributed by atoms with E-state index >= 15 is 0 Å². The first-order chi connectivity index (χ1) is 9.04. The van der Waals surface area contributed by atoms with Crippen LogP contribution in [0.1, 0.15) is 51.4 Å². The van der Waals surface area contributed by atoms with Crippen molar-refractivity contribution in [2.75, 3.05) is 18.5 Å². The maximum atomic E-state index is 5.80.